The molecule has 1 saturated heterocycles. The topological polar surface area (TPSA) is 76.2 Å². The van der Waals surface area contributed by atoms with Crippen LogP contribution < -0.4 is 4.87 Å². The fraction of sp³-hybridized carbons (Fsp3) is 0.421. The summed E-state index contributed by atoms with van der Waals surface area (Å²) in [5, 5.41) is 1.78. The number of esters is 2. The van der Waals surface area contributed by atoms with E-state index >= 15 is 0 Å². The molecule has 7 unspecified atom stereocenters. The minimum atomic E-state index is -0.358. The van der Waals surface area contributed by atoms with Gasteiger partial charge in [0.2, 0.25) is 0 Å². The third-order valence-corrected chi connectivity index (χ3v) is 9.53. The molecule has 0 amide bonds. The van der Waals surface area contributed by atoms with Gasteiger partial charge in [-0.3, -0.25) is 14.4 Å². The number of carbonyl (C=O) groups excluding carboxylic acids is 2. The molecule has 2 bridgehead atoms. The van der Waals surface area contributed by atoms with Crippen molar-refractivity contribution < 1.29 is 14.3 Å². The number of ether oxygens (including phenoxy) is 1. The number of cyclic esters (lactones) is 2. The largest absolute Gasteiger partial charge is 0.393 e. The molecule has 3 heterocycles. The maximum absolute atomic E-state index is 12.3. The first-order chi connectivity index (χ1) is 13.0. The predicted octanol–water partition coefficient (Wildman–Crippen LogP) is 3.28. The first kappa shape index (κ1) is 16.4. The van der Waals surface area contributed by atoms with Gasteiger partial charge in [0.1, 0.15) is 0 Å². The summed E-state index contributed by atoms with van der Waals surface area (Å²) in [6, 6.07) is 7.75. The molecule has 4 aliphatic rings. The van der Waals surface area contributed by atoms with Crippen LogP contribution in [0.3, 0.4) is 0 Å². The molecule has 138 valence electrons. The first-order valence-electron chi connectivity index (χ1n) is 8.93. The van der Waals surface area contributed by atoms with Crippen molar-refractivity contribution in [1.82, 2.24) is 4.98 Å². The third-order valence-electron chi connectivity index (χ3n) is 6.69. The average Bonchev–Trinajstić information content (AvgIpc) is 3.35. The van der Waals surface area contributed by atoms with E-state index in [2.05, 4.69) is 4.98 Å². The molecule has 2 saturated carbocycles. The Labute approximate surface area is 167 Å². The summed E-state index contributed by atoms with van der Waals surface area (Å²) in [7, 11) is 0. The number of aromatic amines is 1. The normalized spacial score (nSPS) is 38.5. The number of hydrogen-bond donors (Lipinski definition) is 1. The van der Waals surface area contributed by atoms with E-state index in [0.29, 0.717) is 5.02 Å². The Morgan fingerprint density at radius 3 is 2.48 bits per heavy atom. The lowest BCUT2D eigenvalue weighted by Crippen LogP contribution is -2.42. The molecule has 2 aromatic rings. The monoisotopic (exact) mass is 419 g/mol. The van der Waals surface area contributed by atoms with Gasteiger partial charge in [0.05, 0.1) is 16.9 Å². The quantitative estimate of drug-likeness (QED) is 0.567. The van der Waals surface area contributed by atoms with Crippen LogP contribution in [0.15, 0.2) is 34.1 Å². The van der Waals surface area contributed by atoms with Gasteiger partial charge in [0, 0.05) is 21.1 Å². The number of nitrogens with one attached hydrogen (secondary N) is 1. The third kappa shape index (κ3) is 2.10. The van der Waals surface area contributed by atoms with E-state index in [-0.39, 0.29) is 57.6 Å². The van der Waals surface area contributed by atoms with E-state index in [9.17, 15) is 14.4 Å². The standard InChI is InChI=1S/C19H14ClNO4S2/c20-7-3-1-6(2-4-7)10-11-8-5-9(13-12(8)17(22)25-18(13)23)14(11)26-16-15(10)27-19(24)21-16/h1-4,8-14H,5H2,(H,21,24). The van der Waals surface area contributed by atoms with Crippen molar-refractivity contribution in [2.45, 2.75) is 22.6 Å². The minimum Gasteiger partial charge on any atom is -0.393 e. The molecule has 5 nitrogen and oxygen atoms in total. The summed E-state index contributed by atoms with van der Waals surface area (Å²) in [5.74, 6) is -0.868. The Balaban J connectivity index is 1.52. The molecule has 1 N–H and O–H groups in total. The van der Waals surface area contributed by atoms with E-state index in [0.717, 1.165) is 21.9 Å². The van der Waals surface area contributed by atoms with E-state index < -0.39 is 0 Å². The van der Waals surface area contributed by atoms with Gasteiger partial charge in [-0.2, -0.15) is 0 Å². The molecular formula is C19H14ClNO4S2. The van der Waals surface area contributed by atoms with Gasteiger partial charge >= 0.3 is 16.8 Å². The second kappa shape index (κ2) is 5.49. The number of hydrogen-bond acceptors (Lipinski definition) is 6. The zero-order valence-electron chi connectivity index (χ0n) is 13.9. The zero-order valence-corrected chi connectivity index (χ0v) is 16.3. The van der Waals surface area contributed by atoms with Crippen LogP contribution >= 0.6 is 34.7 Å². The number of fused-ring (bicyclic) bond motifs is 9. The van der Waals surface area contributed by atoms with Gasteiger partial charge in [0.25, 0.3) is 0 Å². The summed E-state index contributed by atoms with van der Waals surface area (Å²) < 4.78 is 4.99. The summed E-state index contributed by atoms with van der Waals surface area (Å²) in [5.41, 5.74) is 1.10. The lowest BCUT2D eigenvalue weighted by atomic mass is 9.68. The number of carbonyl (C=O) groups is 2. The van der Waals surface area contributed by atoms with Crippen molar-refractivity contribution in [3.05, 3.63) is 49.4 Å². The second-order valence-electron chi connectivity index (χ2n) is 7.75. The van der Waals surface area contributed by atoms with Crippen molar-refractivity contribution in [2.24, 2.45) is 29.6 Å². The van der Waals surface area contributed by atoms with Crippen molar-refractivity contribution in [2.75, 3.05) is 0 Å². The SMILES string of the molecule is O=C1OC(=O)C2C3CC(C4Sc5[nH]c(=O)sc5C(c5ccc(Cl)cc5)C34)C12. The van der Waals surface area contributed by atoms with Crippen molar-refractivity contribution in [1.29, 1.82) is 0 Å². The number of thiazole rings is 1. The lowest BCUT2D eigenvalue weighted by Gasteiger charge is -2.42. The number of benzene rings is 1. The van der Waals surface area contributed by atoms with E-state index in [1.165, 1.54) is 11.3 Å². The zero-order chi connectivity index (χ0) is 18.4. The number of rotatable bonds is 1. The first-order valence-corrected chi connectivity index (χ1v) is 11.0. The molecule has 0 spiro atoms. The second-order valence-corrected chi connectivity index (χ2v) is 10.4. The van der Waals surface area contributed by atoms with Crippen molar-refractivity contribution >= 4 is 46.6 Å². The summed E-state index contributed by atoms with van der Waals surface area (Å²) >= 11 is 9.01. The van der Waals surface area contributed by atoms with Gasteiger partial charge in [-0.05, 0) is 41.9 Å². The highest BCUT2D eigenvalue weighted by molar-refractivity contribution is 8.00. The molecule has 8 heteroatoms. The Morgan fingerprint density at radius 1 is 1.04 bits per heavy atom. The molecule has 7 atom stereocenters. The summed E-state index contributed by atoms with van der Waals surface area (Å²) in [6.07, 6.45) is 0.877. The summed E-state index contributed by atoms with van der Waals surface area (Å²) in [6.45, 7) is 0. The van der Waals surface area contributed by atoms with Crippen molar-refractivity contribution in [3.8, 4) is 0 Å². The lowest BCUT2D eigenvalue weighted by molar-refractivity contribution is -0.154. The molecule has 1 aromatic carbocycles. The van der Waals surface area contributed by atoms with Gasteiger partial charge in [-0.1, -0.05) is 35.1 Å². The van der Waals surface area contributed by atoms with E-state index in [4.69, 9.17) is 16.3 Å². The van der Waals surface area contributed by atoms with Crippen LogP contribution in [0.4, 0.5) is 0 Å². The maximum Gasteiger partial charge on any atom is 0.317 e. The molecule has 27 heavy (non-hydrogen) atoms. The summed E-state index contributed by atoms with van der Waals surface area (Å²) in [4.78, 5) is 40.6. The van der Waals surface area contributed by atoms with Crippen LogP contribution in [0.25, 0.3) is 0 Å². The fourth-order valence-electron chi connectivity index (χ4n) is 5.86. The Kier molecular flexibility index (Phi) is 3.33. The van der Waals surface area contributed by atoms with Gasteiger partial charge in [-0.25, -0.2) is 0 Å². The molecular weight excluding hydrogens is 406 g/mol. The van der Waals surface area contributed by atoms with Gasteiger partial charge in [0.15, 0.2) is 0 Å². The van der Waals surface area contributed by atoms with E-state index in [1.807, 2.05) is 24.3 Å². The van der Waals surface area contributed by atoms with Crippen molar-refractivity contribution in [3.63, 3.8) is 0 Å². The van der Waals surface area contributed by atoms with Crippen LogP contribution in [0.5, 0.6) is 0 Å². The van der Waals surface area contributed by atoms with Crippen LogP contribution in [-0.2, 0) is 14.3 Å². The molecule has 3 fully saturated rings. The maximum atomic E-state index is 12.3. The predicted molar refractivity (Wildman–Crippen MR) is 101 cm³/mol. The van der Waals surface area contributed by atoms with Crippen LogP contribution in [0.2, 0.25) is 5.02 Å². The Hall–Kier alpha value is -1.57. The highest BCUT2D eigenvalue weighted by Gasteiger charge is 2.69. The molecule has 0 radical (unpaired) electrons. The smallest absolute Gasteiger partial charge is 0.317 e. The van der Waals surface area contributed by atoms with Gasteiger partial charge < -0.3 is 9.72 Å². The van der Waals surface area contributed by atoms with Crippen LogP contribution in [-0.4, -0.2) is 22.2 Å². The number of aromatic nitrogens is 1. The molecule has 6 rings (SSSR count). The molecule has 1 aromatic heterocycles. The highest BCUT2D eigenvalue weighted by Crippen LogP contribution is 2.68. The number of halogens is 1. The number of thioether (sulfide) groups is 1. The average molecular weight is 420 g/mol. The highest BCUT2D eigenvalue weighted by atomic mass is 35.5. The minimum absolute atomic E-state index is 0.0342. The Morgan fingerprint density at radius 2 is 1.74 bits per heavy atom. The fourth-order valence-corrected chi connectivity index (χ4v) is 8.87. The molecule has 2 aliphatic heterocycles. The van der Waals surface area contributed by atoms with Crippen LogP contribution in [0, 0.1) is 29.6 Å². The van der Waals surface area contributed by atoms with E-state index in [1.54, 1.807) is 11.8 Å². The Bertz CT molecular complexity index is 1040. The van der Waals surface area contributed by atoms with Gasteiger partial charge in [-0.15, -0.1) is 11.8 Å². The van der Waals surface area contributed by atoms with Crippen LogP contribution in [0.1, 0.15) is 22.8 Å². The number of H-pyrrole nitrogens is 1. The molecule has 2 aliphatic carbocycles.